The fourth-order valence-corrected chi connectivity index (χ4v) is 5.29. The number of carbonyl (C=O) groups excluding carboxylic acids is 2. The third kappa shape index (κ3) is 5.67. The van der Waals surface area contributed by atoms with Gasteiger partial charge in [0.15, 0.2) is 5.76 Å². The van der Waals surface area contributed by atoms with Crippen molar-refractivity contribution in [2.75, 3.05) is 23.8 Å². The summed E-state index contributed by atoms with van der Waals surface area (Å²) in [5.41, 5.74) is 3.87. The summed E-state index contributed by atoms with van der Waals surface area (Å²) >= 11 is -2.68. The minimum atomic E-state index is -2.68. The van der Waals surface area contributed by atoms with Crippen LogP contribution in [0.4, 0.5) is 11.4 Å². The van der Waals surface area contributed by atoms with E-state index in [1.807, 2.05) is 25.1 Å². The molecular formula is C29H29N2O7S-. The van der Waals surface area contributed by atoms with Gasteiger partial charge in [-0.3, -0.25) is 13.3 Å². The summed E-state index contributed by atoms with van der Waals surface area (Å²) in [6.45, 7) is 5.32. The fraction of sp³-hybridized carbons (Fsp3) is 0.241. The van der Waals surface area contributed by atoms with Gasteiger partial charge in [0.2, 0.25) is 0 Å². The van der Waals surface area contributed by atoms with Gasteiger partial charge in [0.1, 0.15) is 17.4 Å². The van der Waals surface area contributed by atoms with E-state index >= 15 is 0 Å². The first-order valence-electron chi connectivity index (χ1n) is 12.2. The number of amides is 1. The number of fused-ring (bicyclic) bond motifs is 1. The van der Waals surface area contributed by atoms with Gasteiger partial charge in [0.25, 0.3) is 5.91 Å². The van der Waals surface area contributed by atoms with Crippen LogP contribution in [0.1, 0.15) is 30.0 Å². The van der Waals surface area contributed by atoms with Crippen molar-refractivity contribution < 1.29 is 32.2 Å². The molecule has 0 radical (unpaired) electrons. The maximum absolute atomic E-state index is 13.0. The van der Waals surface area contributed by atoms with Gasteiger partial charge < -0.3 is 23.8 Å². The molecule has 0 bridgehead atoms. The van der Waals surface area contributed by atoms with Gasteiger partial charge in [0.05, 0.1) is 19.6 Å². The summed E-state index contributed by atoms with van der Waals surface area (Å²) < 4.78 is 41.1. The van der Waals surface area contributed by atoms with Crippen molar-refractivity contribution in [3.63, 3.8) is 0 Å². The van der Waals surface area contributed by atoms with Crippen molar-refractivity contribution in [3.8, 4) is 16.9 Å². The van der Waals surface area contributed by atoms with Gasteiger partial charge in [-0.25, -0.2) is 4.79 Å². The highest BCUT2D eigenvalue weighted by Crippen LogP contribution is 2.33. The number of hydrogen-bond donors (Lipinski definition) is 1. The molecule has 4 rings (SSSR count). The molecule has 0 aliphatic carbocycles. The minimum Gasteiger partial charge on any atom is -0.755 e. The van der Waals surface area contributed by atoms with Crippen LogP contribution in [0, 0.1) is 12.8 Å². The van der Waals surface area contributed by atoms with Gasteiger partial charge in [-0.05, 0) is 60.4 Å². The monoisotopic (exact) mass is 549 g/mol. The standard InChI is InChI=1S/C29H30N2O7S/c1-17(2)26(29(33)37-5)31(39(34)35)22-15-11-20(12-16-22)19-9-13-21(14-10-19)30-28(32)27-18(3)25-23(36-4)7-6-8-24(25)38-27/h6-17,26H,1-5H3,(H,30,32)(H,34,35)/p-1. The van der Waals surface area contributed by atoms with Gasteiger partial charge in [-0.1, -0.05) is 44.2 Å². The number of benzene rings is 3. The summed E-state index contributed by atoms with van der Waals surface area (Å²) in [7, 11) is 2.80. The van der Waals surface area contributed by atoms with Crippen LogP contribution < -0.4 is 14.4 Å². The second-order valence-electron chi connectivity index (χ2n) is 9.22. The average Bonchev–Trinajstić information content (AvgIpc) is 3.28. The van der Waals surface area contributed by atoms with Crippen LogP contribution in [0.15, 0.2) is 71.1 Å². The summed E-state index contributed by atoms with van der Waals surface area (Å²) in [5, 5.41) is 3.62. The summed E-state index contributed by atoms with van der Waals surface area (Å²) in [6.07, 6.45) is 0. The first-order chi connectivity index (χ1) is 18.7. The Hall–Kier alpha value is -4.15. The van der Waals surface area contributed by atoms with Crippen molar-refractivity contribution in [1.29, 1.82) is 0 Å². The number of furan rings is 1. The van der Waals surface area contributed by atoms with Crippen LogP contribution in [0.3, 0.4) is 0 Å². The van der Waals surface area contributed by atoms with Crippen molar-refractivity contribution in [1.82, 2.24) is 0 Å². The zero-order chi connectivity index (χ0) is 28.3. The Balaban J connectivity index is 1.52. The molecule has 39 heavy (non-hydrogen) atoms. The molecule has 0 aliphatic rings. The number of esters is 1. The van der Waals surface area contributed by atoms with Crippen molar-refractivity contribution in [3.05, 3.63) is 78.1 Å². The average molecular weight is 550 g/mol. The summed E-state index contributed by atoms with van der Waals surface area (Å²) in [6, 6.07) is 18.4. The van der Waals surface area contributed by atoms with Crippen LogP contribution >= 0.6 is 0 Å². The quantitative estimate of drug-likeness (QED) is 0.217. The molecule has 1 N–H and O–H groups in total. The Morgan fingerprint density at radius 1 is 0.974 bits per heavy atom. The lowest BCUT2D eigenvalue weighted by Gasteiger charge is -2.35. The van der Waals surface area contributed by atoms with E-state index in [4.69, 9.17) is 13.9 Å². The summed E-state index contributed by atoms with van der Waals surface area (Å²) in [5.74, 6) is -0.464. The number of hydrogen-bond acceptors (Lipinski definition) is 7. The zero-order valence-electron chi connectivity index (χ0n) is 22.2. The van der Waals surface area contributed by atoms with Gasteiger partial charge in [-0.15, -0.1) is 0 Å². The Morgan fingerprint density at radius 2 is 1.59 bits per heavy atom. The van der Waals surface area contributed by atoms with E-state index in [1.165, 1.54) is 7.11 Å². The van der Waals surface area contributed by atoms with Gasteiger partial charge in [0, 0.05) is 28.2 Å². The highest BCUT2D eigenvalue weighted by molar-refractivity contribution is 7.80. The first kappa shape index (κ1) is 27.9. The zero-order valence-corrected chi connectivity index (χ0v) is 23.0. The van der Waals surface area contributed by atoms with E-state index in [2.05, 4.69) is 5.32 Å². The van der Waals surface area contributed by atoms with Crippen LogP contribution in [-0.4, -0.2) is 40.9 Å². The second kappa shape index (κ2) is 11.7. The molecule has 0 saturated carbocycles. The maximum atomic E-state index is 13.0. The summed E-state index contributed by atoms with van der Waals surface area (Å²) in [4.78, 5) is 25.2. The SMILES string of the molecule is COC(=O)C(C(C)C)N(c1ccc(-c2ccc(NC(=O)c3oc4cccc(OC)c4c3C)cc2)cc1)S(=O)[O-]. The number of anilines is 2. The third-order valence-electron chi connectivity index (χ3n) is 6.43. The molecule has 4 aromatic rings. The minimum absolute atomic E-state index is 0.209. The Kier molecular flexibility index (Phi) is 8.37. The smallest absolute Gasteiger partial charge is 0.329 e. The normalized spacial score (nSPS) is 12.7. The molecule has 2 atom stereocenters. The second-order valence-corrected chi connectivity index (χ2v) is 10.1. The maximum Gasteiger partial charge on any atom is 0.329 e. The molecule has 204 valence electrons. The number of methoxy groups -OCH3 is 2. The van der Waals surface area contributed by atoms with Crippen molar-refractivity contribution >= 4 is 45.5 Å². The van der Waals surface area contributed by atoms with E-state index in [0.29, 0.717) is 28.3 Å². The van der Waals surface area contributed by atoms with E-state index in [1.54, 1.807) is 69.5 Å². The fourth-order valence-electron chi connectivity index (χ4n) is 4.49. The number of ether oxygens (including phenoxy) is 2. The molecule has 1 heterocycles. The molecule has 0 aliphatic heterocycles. The number of nitrogens with zero attached hydrogens (tertiary/aromatic N) is 1. The van der Waals surface area contributed by atoms with Crippen LogP contribution in [0.25, 0.3) is 22.1 Å². The number of nitrogens with one attached hydrogen (secondary N) is 1. The predicted octanol–water partition coefficient (Wildman–Crippen LogP) is 5.47. The Labute approximate surface area is 229 Å². The van der Waals surface area contributed by atoms with E-state index < -0.39 is 23.3 Å². The van der Waals surface area contributed by atoms with Crippen molar-refractivity contribution in [2.45, 2.75) is 26.8 Å². The number of rotatable bonds is 9. The van der Waals surface area contributed by atoms with E-state index in [0.717, 1.165) is 20.8 Å². The van der Waals surface area contributed by atoms with E-state index in [9.17, 15) is 18.4 Å². The molecule has 10 heteroatoms. The molecule has 0 fully saturated rings. The lowest BCUT2D eigenvalue weighted by molar-refractivity contribution is -0.142. The number of aryl methyl sites for hydroxylation is 1. The Morgan fingerprint density at radius 3 is 2.13 bits per heavy atom. The van der Waals surface area contributed by atoms with Crippen LogP contribution in [0.2, 0.25) is 0 Å². The third-order valence-corrected chi connectivity index (χ3v) is 7.19. The molecule has 1 aromatic heterocycles. The topological polar surface area (TPSA) is 121 Å². The highest BCUT2D eigenvalue weighted by Gasteiger charge is 2.31. The lowest BCUT2D eigenvalue weighted by Crippen LogP contribution is -2.46. The molecule has 2 unspecified atom stereocenters. The van der Waals surface area contributed by atoms with Gasteiger partial charge in [-0.2, -0.15) is 0 Å². The molecule has 3 aromatic carbocycles. The molecule has 0 saturated heterocycles. The van der Waals surface area contributed by atoms with Crippen molar-refractivity contribution in [2.24, 2.45) is 5.92 Å². The lowest BCUT2D eigenvalue weighted by atomic mass is 10.0. The Bertz CT molecular complexity index is 1510. The molecule has 0 spiro atoms. The predicted molar refractivity (Wildman–Crippen MR) is 149 cm³/mol. The highest BCUT2D eigenvalue weighted by atomic mass is 32.2. The first-order valence-corrected chi connectivity index (χ1v) is 13.2. The van der Waals surface area contributed by atoms with Gasteiger partial charge >= 0.3 is 5.97 Å². The molecule has 9 nitrogen and oxygen atoms in total. The van der Waals surface area contributed by atoms with E-state index in [-0.39, 0.29) is 17.6 Å². The molecular weight excluding hydrogens is 520 g/mol. The largest absolute Gasteiger partial charge is 0.755 e. The number of carbonyl (C=O) groups is 2. The molecule has 1 amide bonds. The van der Waals surface area contributed by atoms with Crippen LogP contribution in [-0.2, 0) is 20.8 Å². The van der Waals surface area contributed by atoms with Crippen LogP contribution in [0.5, 0.6) is 5.75 Å².